The molecule has 2 rings (SSSR count). The molecule has 0 atom stereocenters. The fourth-order valence-electron chi connectivity index (χ4n) is 2.35. The van der Waals surface area contributed by atoms with Gasteiger partial charge in [-0.1, -0.05) is 6.07 Å². The summed E-state index contributed by atoms with van der Waals surface area (Å²) in [6.07, 6.45) is -1.90. The van der Waals surface area contributed by atoms with Gasteiger partial charge < -0.3 is 10.2 Å². The quantitative estimate of drug-likeness (QED) is 0.876. The van der Waals surface area contributed by atoms with E-state index >= 15 is 0 Å². The lowest BCUT2D eigenvalue weighted by molar-refractivity contribution is -0.137. The van der Waals surface area contributed by atoms with Crippen LogP contribution in [0.5, 0.6) is 0 Å². The van der Waals surface area contributed by atoms with Gasteiger partial charge in [0.05, 0.1) is 16.7 Å². The van der Waals surface area contributed by atoms with E-state index in [2.05, 4.69) is 10.3 Å². The second-order valence-corrected chi connectivity index (χ2v) is 5.47. The van der Waals surface area contributed by atoms with Crippen LogP contribution in [0.15, 0.2) is 42.7 Å². The normalized spacial score (nSPS) is 11.1. The fourth-order valence-corrected chi connectivity index (χ4v) is 2.35. The summed E-state index contributed by atoms with van der Waals surface area (Å²) in [6, 6.07) is 5.69. The maximum atomic E-state index is 12.7. The Hall–Kier alpha value is -2.90. The minimum absolute atomic E-state index is 0.00491. The Morgan fingerprint density at radius 1 is 1.08 bits per heavy atom. The molecule has 138 valence electrons. The number of benzene rings is 1. The van der Waals surface area contributed by atoms with Crippen molar-refractivity contribution in [3.8, 4) is 0 Å². The Labute approximate surface area is 148 Å². The number of carbonyl (C=O) groups is 2. The lowest BCUT2D eigenvalue weighted by atomic mass is 10.1. The van der Waals surface area contributed by atoms with Crippen LogP contribution in [0.2, 0.25) is 0 Å². The standard InChI is InChI=1S/C18H18F3N3O2/c1-3-24(4-2)17(26)13-8-12(10-22-11-13)16(25)23-15-7-5-6-14(9-15)18(19,20)21/h5-11H,3-4H2,1-2H3,(H,23,25). The molecule has 8 heteroatoms. The molecule has 0 aliphatic heterocycles. The highest BCUT2D eigenvalue weighted by molar-refractivity contribution is 6.05. The zero-order valence-corrected chi connectivity index (χ0v) is 14.3. The molecule has 1 aromatic heterocycles. The first kappa shape index (κ1) is 19.4. The largest absolute Gasteiger partial charge is 0.416 e. The van der Waals surface area contributed by atoms with E-state index in [0.717, 1.165) is 12.1 Å². The first-order valence-electron chi connectivity index (χ1n) is 7.99. The number of carbonyl (C=O) groups excluding carboxylic acids is 2. The first-order valence-corrected chi connectivity index (χ1v) is 7.99. The molecule has 0 aliphatic carbocycles. The Kier molecular flexibility index (Phi) is 5.97. The van der Waals surface area contributed by atoms with Crippen molar-refractivity contribution in [1.29, 1.82) is 0 Å². The monoisotopic (exact) mass is 365 g/mol. The van der Waals surface area contributed by atoms with E-state index in [1.807, 2.05) is 13.8 Å². The van der Waals surface area contributed by atoms with Gasteiger partial charge in [-0.25, -0.2) is 0 Å². The highest BCUT2D eigenvalue weighted by atomic mass is 19.4. The van der Waals surface area contributed by atoms with E-state index in [4.69, 9.17) is 0 Å². The van der Waals surface area contributed by atoms with Crippen LogP contribution in [-0.4, -0.2) is 34.8 Å². The molecule has 0 radical (unpaired) electrons. The van der Waals surface area contributed by atoms with Gasteiger partial charge in [-0.05, 0) is 38.1 Å². The molecule has 0 fully saturated rings. The van der Waals surface area contributed by atoms with Gasteiger partial charge in [-0.3, -0.25) is 14.6 Å². The SMILES string of the molecule is CCN(CC)C(=O)c1cncc(C(=O)Nc2cccc(C(F)(F)F)c2)c1. The second-order valence-electron chi connectivity index (χ2n) is 5.47. The molecule has 26 heavy (non-hydrogen) atoms. The van der Waals surface area contributed by atoms with Crippen LogP contribution in [0.1, 0.15) is 40.1 Å². The molecule has 1 N–H and O–H groups in total. The lowest BCUT2D eigenvalue weighted by Crippen LogP contribution is -2.30. The Bertz CT molecular complexity index is 802. The van der Waals surface area contributed by atoms with Crippen molar-refractivity contribution in [2.75, 3.05) is 18.4 Å². The highest BCUT2D eigenvalue weighted by Crippen LogP contribution is 2.30. The number of hydrogen-bond acceptors (Lipinski definition) is 3. The number of nitrogens with zero attached hydrogens (tertiary/aromatic N) is 2. The van der Waals surface area contributed by atoms with Crippen LogP contribution in [0.3, 0.4) is 0 Å². The lowest BCUT2D eigenvalue weighted by Gasteiger charge is -2.18. The molecule has 0 spiro atoms. The summed E-state index contributed by atoms with van der Waals surface area (Å²) >= 11 is 0. The Balaban J connectivity index is 2.21. The molecule has 1 aromatic carbocycles. The predicted molar refractivity (Wildman–Crippen MR) is 90.9 cm³/mol. The van der Waals surface area contributed by atoms with Gasteiger partial charge in [-0.2, -0.15) is 13.2 Å². The molecule has 0 saturated carbocycles. The molecule has 0 aliphatic rings. The average molecular weight is 365 g/mol. The minimum Gasteiger partial charge on any atom is -0.339 e. The summed E-state index contributed by atoms with van der Waals surface area (Å²) < 4.78 is 38.2. The van der Waals surface area contributed by atoms with Crippen LogP contribution in [-0.2, 0) is 6.18 Å². The number of rotatable bonds is 5. The van der Waals surface area contributed by atoms with Crippen molar-refractivity contribution in [3.63, 3.8) is 0 Å². The Morgan fingerprint density at radius 2 is 1.73 bits per heavy atom. The van der Waals surface area contributed by atoms with E-state index in [-0.39, 0.29) is 22.7 Å². The van der Waals surface area contributed by atoms with E-state index in [9.17, 15) is 22.8 Å². The molecule has 1 heterocycles. The maximum absolute atomic E-state index is 12.7. The maximum Gasteiger partial charge on any atom is 0.416 e. The van der Waals surface area contributed by atoms with Crippen molar-refractivity contribution in [2.24, 2.45) is 0 Å². The topological polar surface area (TPSA) is 62.3 Å². The molecule has 0 saturated heterocycles. The zero-order chi connectivity index (χ0) is 19.3. The van der Waals surface area contributed by atoms with Crippen molar-refractivity contribution in [2.45, 2.75) is 20.0 Å². The molecular formula is C18H18F3N3O2. The van der Waals surface area contributed by atoms with Gasteiger partial charge in [0.25, 0.3) is 11.8 Å². The predicted octanol–water partition coefficient (Wildman–Crippen LogP) is 3.83. The van der Waals surface area contributed by atoms with Crippen molar-refractivity contribution >= 4 is 17.5 Å². The number of amides is 2. The van der Waals surface area contributed by atoms with Gasteiger partial charge in [0.15, 0.2) is 0 Å². The van der Waals surface area contributed by atoms with Crippen LogP contribution in [0.4, 0.5) is 18.9 Å². The van der Waals surface area contributed by atoms with Crippen molar-refractivity contribution in [3.05, 3.63) is 59.4 Å². The van der Waals surface area contributed by atoms with Crippen LogP contribution in [0, 0.1) is 0 Å². The summed E-state index contributed by atoms with van der Waals surface area (Å²) in [7, 11) is 0. The number of pyridine rings is 1. The molecule has 2 amide bonds. The fraction of sp³-hybridized carbons (Fsp3) is 0.278. The Morgan fingerprint density at radius 3 is 2.35 bits per heavy atom. The summed E-state index contributed by atoms with van der Waals surface area (Å²) in [5.74, 6) is -0.915. The number of anilines is 1. The van der Waals surface area contributed by atoms with Crippen LogP contribution in [0.25, 0.3) is 0 Å². The number of aromatic nitrogens is 1. The number of alkyl halides is 3. The second kappa shape index (κ2) is 7.99. The molecule has 0 unspecified atom stereocenters. The van der Waals surface area contributed by atoms with E-state index in [0.29, 0.717) is 13.1 Å². The third-order valence-corrected chi connectivity index (χ3v) is 3.75. The van der Waals surface area contributed by atoms with Gasteiger partial charge >= 0.3 is 6.18 Å². The number of halogens is 3. The first-order chi connectivity index (χ1) is 12.3. The zero-order valence-electron chi connectivity index (χ0n) is 14.3. The minimum atomic E-state index is -4.50. The molecule has 5 nitrogen and oxygen atoms in total. The van der Waals surface area contributed by atoms with Gasteiger partial charge in [0.2, 0.25) is 0 Å². The molecule has 0 bridgehead atoms. The van der Waals surface area contributed by atoms with E-state index < -0.39 is 17.6 Å². The van der Waals surface area contributed by atoms with Gasteiger partial charge in [-0.15, -0.1) is 0 Å². The average Bonchev–Trinajstić information content (AvgIpc) is 2.62. The summed E-state index contributed by atoms with van der Waals surface area (Å²) in [6.45, 7) is 4.68. The van der Waals surface area contributed by atoms with Crippen molar-refractivity contribution < 1.29 is 22.8 Å². The summed E-state index contributed by atoms with van der Waals surface area (Å²) in [5.41, 5.74) is -0.532. The highest BCUT2D eigenvalue weighted by Gasteiger charge is 2.30. The number of nitrogens with one attached hydrogen (secondary N) is 1. The van der Waals surface area contributed by atoms with Gasteiger partial charge in [0, 0.05) is 31.2 Å². The van der Waals surface area contributed by atoms with Crippen molar-refractivity contribution in [1.82, 2.24) is 9.88 Å². The smallest absolute Gasteiger partial charge is 0.339 e. The van der Waals surface area contributed by atoms with E-state index in [1.165, 1.54) is 30.6 Å². The van der Waals surface area contributed by atoms with Gasteiger partial charge in [0.1, 0.15) is 0 Å². The van der Waals surface area contributed by atoms with E-state index in [1.54, 1.807) is 4.90 Å². The molecule has 2 aromatic rings. The summed E-state index contributed by atoms with van der Waals surface area (Å²) in [4.78, 5) is 30.1. The van der Waals surface area contributed by atoms with Crippen LogP contribution < -0.4 is 5.32 Å². The summed E-state index contributed by atoms with van der Waals surface area (Å²) in [5, 5.41) is 2.39. The molecular weight excluding hydrogens is 347 g/mol. The third kappa shape index (κ3) is 4.59. The third-order valence-electron chi connectivity index (χ3n) is 3.75. The number of hydrogen-bond donors (Lipinski definition) is 1. The van der Waals surface area contributed by atoms with Crippen LogP contribution >= 0.6 is 0 Å².